The normalized spacial score (nSPS) is 18.8. The zero-order chi connectivity index (χ0) is 14.8. The maximum Gasteiger partial charge on any atom is 0.416 e. The van der Waals surface area contributed by atoms with Crippen LogP contribution in [0.1, 0.15) is 17.2 Å². The lowest BCUT2D eigenvalue weighted by atomic mass is 9.98. The molecule has 1 saturated heterocycles. The van der Waals surface area contributed by atoms with Crippen LogP contribution in [-0.2, 0) is 15.7 Å². The number of carboxylic acid groups (broad SMARTS) is 1. The third kappa shape index (κ3) is 3.10. The average molecular weight is 289 g/mol. The number of halogens is 3. The van der Waals surface area contributed by atoms with Crippen LogP contribution in [0.25, 0.3) is 0 Å². The van der Waals surface area contributed by atoms with Gasteiger partial charge in [-0.1, -0.05) is 18.2 Å². The first-order valence-electron chi connectivity index (χ1n) is 6.12. The standard InChI is InChI=1S/C13H14F3NO3/c14-13(15,16)10-4-2-1-3-9(10)11(12(18)19)17-5-7-20-8-6-17/h1-4,11H,5-8H2,(H,18,19)/t11-/m1/s1. The molecule has 20 heavy (non-hydrogen) atoms. The van der Waals surface area contributed by atoms with E-state index >= 15 is 0 Å². The molecule has 1 aliphatic rings. The summed E-state index contributed by atoms with van der Waals surface area (Å²) in [6.07, 6.45) is -4.57. The first-order chi connectivity index (χ1) is 9.41. The molecule has 0 spiro atoms. The van der Waals surface area contributed by atoms with Crippen LogP contribution in [-0.4, -0.2) is 42.3 Å². The Morgan fingerprint density at radius 1 is 1.25 bits per heavy atom. The highest BCUT2D eigenvalue weighted by atomic mass is 19.4. The van der Waals surface area contributed by atoms with Gasteiger partial charge in [0, 0.05) is 13.1 Å². The van der Waals surface area contributed by atoms with Crippen molar-refractivity contribution in [1.82, 2.24) is 4.90 Å². The summed E-state index contributed by atoms with van der Waals surface area (Å²) < 4.78 is 44.1. The lowest BCUT2D eigenvalue weighted by Crippen LogP contribution is -2.42. The molecule has 1 aromatic rings. The van der Waals surface area contributed by atoms with E-state index in [1.54, 1.807) is 0 Å². The molecule has 0 radical (unpaired) electrons. The minimum atomic E-state index is -4.57. The summed E-state index contributed by atoms with van der Waals surface area (Å²) in [5, 5.41) is 9.32. The second kappa shape index (κ2) is 5.80. The van der Waals surface area contributed by atoms with Crippen LogP contribution >= 0.6 is 0 Å². The van der Waals surface area contributed by atoms with Gasteiger partial charge in [-0.15, -0.1) is 0 Å². The largest absolute Gasteiger partial charge is 0.480 e. The molecule has 2 rings (SSSR count). The summed E-state index contributed by atoms with van der Waals surface area (Å²) in [4.78, 5) is 12.9. The summed E-state index contributed by atoms with van der Waals surface area (Å²) >= 11 is 0. The molecule has 0 aliphatic carbocycles. The lowest BCUT2D eigenvalue weighted by Gasteiger charge is -2.33. The van der Waals surface area contributed by atoms with E-state index in [0.29, 0.717) is 26.3 Å². The molecular weight excluding hydrogens is 275 g/mol. The van der Waals surface area contributed by atoms with E-state index in [2.05, 4.69) is 0 Å². The Hall–Kier alpha value is -1.60. The topological polar surface area (TPSA) is 49.8 Å². The zero-order valence-corrected chi connectivity index (χ0v) is 10.6. The Morgan fingerprint density at radius 3 is 2.40 bits per heavy atom. The van der Waals surface area contributed by atoms with Gasteiger partial charge >= 0.3 is 12.1 Å². The van der Waals surface area contributed by atoms with Gasteiger partial charge in [-0.05, 0) is 11.6 Å². The minimum Gasteiger partial charge on any atom is -0.480 e. The molecule has 110 valence electrons. The van der Waals surface area contributed by atoms with E-state index in [9.17, 15) is 23.1 Å². The van der Waals surface area contributed by atoms with Crippen LogP contribution in [0.4, 0.5) is 13.2 Å². The molecule has 1 aromatic carbocycles. The Morgan fingerprint density at radius 2 is 1.85 bits per heavy atom. The van der Waals surface area contributed by atoms with E-state index < -0.39 is 23.8 Å². The van der Waals surface area contributed by atoms with Crippen molar-refractivity contribution in [3.8, 4) is 0 Å². The number of carbonyl (C=O) groups is 1. The fourth-order valence-corrected chi connectivity index (χ4v) is 2.32. The number of benzene rings is 1. The van der Waals surface area contributed by atoms with Crippen molar-refractivity contribution in [2.24, 2.45) is 0 Å². The van der Waals surface area contributed by atoms with Crippen LogP contribution in [0.3, 0.4) is 0 Å². The third-order valence-corrected chi connectivity index (χ3v) is 3.21. The zero-order valence-electron chi connectivity index (χ0n) is 10.6. The number of rotatable bonds is 3. The SMILES string of the molecule is O=C(O)[C@@H](c1ccccc1C(F)(F)F)N1CCOCC1. The molecular formula is C13H14F3NO3. The van der Waals surface area contributed by atoms with Crippen molar-refractivity contribution in [1.29, 1.82) is 0 Å². The fraction of sp³-hybridized carbons (Fsp3) is 0.462. The average Bonchev–Trinajstić information content (AvgIpc) is 2.39. The van der Waals surface area contributed by atoms with Crippen molar-refractivity contribution in [3.05, 3.63) is 35.4 Å². The highest BCUT2D eigenvalue weighted by molar-refractivity contribution is 5.76. The van der Waals surface area contributed by atoms with E-state index in [4.69, 9.17) is 4.74 Å². The molecule has 0 saturated carbocycles. The number of aliphatic carboxylic acids is 1. The monoisotopic (exact) mass is 289 g/mol. The molecule has 1 atom stereocenters. The molecule has 1 N–H and O–H groups in total. The number of morpholine rings is 1. The molecule has 1 fully saturated rings. The molecule has 0 amide bonds. The maximum absolute atomic E-state index is 13.0. The van der Waals surface area contributed by atoms with Crippen molar-refractivity contribution < 1.29 is 27.8 Å². The molecule has 0 unspecified atom stereocenters. The van der Waals surface area contributed by atoms with Gasteiger partial charge in [0.05, 0.1) is 18.8 Å². The van der Waals surface area contributed by atoms with E-state index in [1.807, 2.05) is 0 Å². The van der Waals surface area contributed by atoms with Crippen LogP contribution < -0.4 is 0 Å². The summed E-state index contributed by atoms with van der Waals surface area (Å²) in [5.74, 6) is -1.29. The molecule has 7 heteroatoms. The van der Waals surface area contributed by atoms with Gasteiger partial charge in [0.25, 0.3) is 0 Å². The highest BCUT2D eigenvalue weighted by Crippen LogP contribution is 2.36. The first kappa shape index (κ1) is 14.8. The molecule has 1 aliphatic heterocycles. The smallest absolute Gasteiger partial charge is 0.416 e. The Kier molecular flexibility index (Phi) is 4.29. The van der Waals surface area contributed by atoms with Gasteiger partial charge in [0.2, 0.25) is 0 Å². The summed E-state index contributed by atoms with van der Waals surface area (Å²) in [7, 11) is 0. The number of alkyl halides is 3. The van der Waals surface area contributed by atoms with Gasteiger partial charge in [-0.2, -0.15) is 13.2 Å². The first-order valence-corrected chi connectivity index (χ1v) is 6.12. The van der Waals surface area contributed by atoms with Crippen LogP contribution in [0.15, 0.2) is 24.3 Å². The van der Waals surface area contributed by atoms with Gasteiger partial charge < -0.3 is 9.84 Å². The van der Waals surface area contributed by atoms with Crippen molar-refractivity contribution in [2.75, 3.05) is 26.3 Å². The van der Waals surface area contributed by atoms with Crippen LogP contribution in [0.5, 0.6) is 0 Å². The number of nitrogens with zero attached hydrogens (tertiary/aromatic N) is 1. The van der Waals surface area contributed by atoms with E-state index in [1.165, 1.54) is 23.1 Å². The number of carboxylic acids is 1. The Balaban J connectivity index is 2.42. The summed E-state index contributed by atoms with van der Waals surface area (Å²) in [6.45, 7) is 1.22. The molecule has 0 bridgehead atoms. The van der Waals surface area contributed by atoms with Gasteiger partial charge in [-0.3, -0.25) is 9.69 Å². The predicted octanol–water partition coefficient (Wildman–Crippen LogP) is 2.16. The third-order valence-electron chi connectivity index (χ3n) is 3.21. The molecule has 4 nitrogen and oxygen atoms in total. The van der Waals surface area contributed by atoms with Crippen molar-refractivity contribution in [3.63, 3.8) is 0 Å². The van der Waals surface area contributed by atoms with E-state index in [-0.39, 0.29) is 5.56 Å². The second-order valence-electron chi connectivity index (χ2n) is 4.47. The quantitative estimate of drug-likeness (QED) is 0.926. The number of ether oxygens (including phenoxy) is 1. The van der Waals surface area contributed by atoms with Gasteiger partial charge in [-0.25, -0.2) is 0 Å². The number of hydrogen-bond donors (Lipinski definition) is 1. The minimum absolute atomic E-state index is 0.227. The highest BCUT2D eigenvalue weighted by Gasteiger charge is 2.39. The Labute approximate surface area is 113 Å². The van der Waals surface area contributed by atoms with Crippen molar-refractivity contribution in [2.45, 2.75) is 12.2 Å². The predicted molar refractivity (Wildman–Crippen MR) is 64.2 cm³/mol. The maximum atomic E-state index is 13.0. The summed E-state index contributed by atoms with van der Waals surface area (Å²) in [6, 6.07) is 3.49. The Bertz CT molecular complexity index is 484. The second-order valence-corrected chi connectivity index (χ2v) is 4.47. The van der Waals surface area contributed by atoms with Crippen LogP contribution in [0.2, 0.25) is 0 Å². The molecule has 1 heterocycles. The van der Waals surface area contributed by atoms with Gasteiger partial charge in [0.15, 0.2) is 0 Å². The van der Waals surface area contributed by atoms with Crippen LogP contribution in [0, 0.1) is 0 Å². The molecule has 0 aromatic heterocycles. The fourth-order valence-electron chi connectivity index (χ4n) is 2.32. The van der Waals surface area contributed by atoms with E-state index in [0.717, 1.165) is 6.07 Å². The van der Waals surface area contributed by atoms with Gasteiger partial charge in [0.1, 0.15) is 6.04 Å². The number of hydrogen-bond acceptors (Lipinski definition) is 3. The summed E-state index contributed by atoms with van der Waals surface area (Å²) in [5.41, 5.74) is -1.13. The lowest BCUT2D eigenvalue weighted by molar-refractivity contribution is -0.147. The van der Waals surface area contributed by atoms with Crippen molar-refractivity contribution >= 4 is 5.97 Å².